The van der Waals surface area contributed by atoms with Gasteiger partial charge in [-0.3, -0.25) is 9.48 Å². The second kappa shape index (κ2) is 9.32. The Hall–Kier alpha value is -3.69. The number of nitrogens with two attached hydrogens (primary N) is 1. The van der Waals surface area contributed by atoms with Crippen molar-refractivity contribution < 1.29 is 40.7 Å². The summed E-state index contributed by atoms with van der Waals surface area (Å²) in [7, 11) is 1.62. The monoisotopic (exact) mass is 533 g/mol. The van der Waals surface area contributed by atoms with E-state index in [9.17, 15) is 36.2 Å². The van der Waals surface area contributed by atoms with Gasteiger partial charge in [-0.15, -0.1) is 10.2 Å². The Morgan fingerprint density at radius 2 is 1.86 bits per heavy atom. The summed E-state index contributed by atoms with van der Waals surface area (Å²) >= 11 is 0. The van der Waals surface area contributed by atoms with E-state index >= 15 is 0 Å². The van der Waals surface area contributed by atoms with E-state index in [0.717, 1.165) is 4.90 Å². The van der Waals surface area contributed by atoms with E-state index in [2.05, 4.69) is 20.3 Å². The molecule has 4 rings (SSSR count). The largest absolute Gasteiger partial charge is 0.426 e. The van der Waals surface area contributed by atoms with Crippen molar-refractivity contribution in [2.75, 3.05) is 12.3 Å². The van der Waals surface area contributed by atoms with Gasteiger partial charge in [-0.2, -0.15) is 31.4 Å². The van der Waals surface area contributed by atoms with E-state index in [1.54, 1.807) is 13.2 Å². The zero-order chi connectivity index (χ0) is 27.2. The number of fused-ring (bicyclic) bond motifs is 5. The molecule has 4 heterocycles. The normalized spacial score (nSPS) is 19.7. The molecule has 4 bridgehead atoms. The molecule has 200 valence electrons. The molecule has 3 aromatic rings. The number of hydrogen-bond acceptors (Lipinski definition) is 8. The molecule has 0 radical (unpaired) electrons. The maximum absolute atomic E-state index is 13.9. The molecular formula is C21H21F6N7O3. The topological polar surface area (TPSA) is 136 Å². The van der Waals surface area contributed by atoms with Gasteiger partial charge in [-0.25, -0.2) is 4.98 Å². The summed E-state index contributed by atoms with van der Waals surface area (Å²) in [4.78, 5) is 18.2. The van der Waals surface area contributed by atoms with Gasteiger partial charge in [0.2, 0.25) is 5.60 Å². The molecule has 10 nitrogen and oxygen atoms in total. The fourth-order valence-corrected chi connectivity index (χ4v) is 3.97. The maximum Gasteiger partial charge on any atom is 0.426 e. The van der Waals surface area contributed by atoms with E-state index < -0.39 is 64.7 Å². The number of alkyl halides is 6. The van der Waals surface area contributed by atoms with Crippen LogP contribution in [0.25, 0.3) is 11.6 Å². The quantitative estimate of drug-likeness (QED) is 0.479. The van der Waals surface area contributed by atoms with Gasteiger partial charge in [0, 0.05) is 31.9 Å². The van der Waals surface area contributed by atoms with Crippen LogP contribution in [0.3, 0.4) is 0 Å². The Morgan fingerprint density at radius 1 is 1.14 bits per heavy atom. The zero-order valence-electron chi connectivity index (χ0n) is 19.3. The zero-order valence-corrected chi connectivity index (χ0v) is 19.3. The van der Waals surface area contributed by atoms with Gasteiger partial charge in [0.25, 0.3) is 17.7 Å². The Balaban J connectivity index is 1.88. The number of halogens is 6. The van der Waals surface area contributed by atoms with Crippen LogP contribution in [0.1, 0.15) is 53.2 Å². The lowest BCUT2D eigenvalue weighted by molar-refractivity contribution is -0.277. The molecule has 3 N–H and O–H groups in total. The van der Waals surface area contributed by atoms with Crippen LogP contribution in [-0.4, -0.2) is 53.6 Å². The third-order valence-corrected chi connectivity index (χ3v) is 5.90. The first kappa shape index (κ1) is 26.4. The van der Waals surface area contributed by atoms with Crippen molar-refractivity contribution in [2.24, 2.45) is 7.05 Å². The molecule has 16 heteroatoms. The van der Waals surface area contributed by atoms with Gasteiger partial charge in [0.15, 0.2) is 5.69 Å². The van der Waals surface area contributed by atoms with Gasteiger partial charge in [-0.1, -0.05) is 6.42 Å². The van der Waals surface area contributed by atoms with Crippen LogP contribution in [0.5, 0.6) is 0 Å². The molecule has 1 atom stereocenters. The molecule has 0 aromatic carbocycles. The number of aromatic nitrogens is 5. The first-order chi connectivity index (χ1) is 17.2. The Labute approximate surface area is 205 Å². The lowest BCUT2D eigenvalue weighted by Crippen LogP contribution is -2.42. The van der Waals surface area contributed by atoms with Crippen molar-refractivity contribution in [1.82, 2.24) is 29.9 Å². The number of aliphatic hydroxyl groups is 1. The Bertz CT molecular complexity index is 1300. The molecular weight excluding hydrogens is 512 g/mol. The average Bonchev–Trinajstić information content (AvgIpc) is 3.44. The van der Waals surface area contributed by atoms with Crippen molar-refractivity contribution in [3.8, 4) is 11.6 Å². The summed E-state index contributed by atoms with van der Waals surface area (Å²) in [5.41, 5.74) is -1.05. The van der Waals surface area contributed by atoms with Crippen molar-refractivity contribution >= 4 is 11.6 Å². The number of hydrogen-bond donors (Lipinski definition) is 2. The summed E-state index contributed by atoms with van der Waals surface area (Å²) in [6, 6.07) is 0.434. The fourth-order valence-electron chi connectivity index (χ4n) is 3.97. The molecule has 0 fully saturated rings. The SMILES string of the molecule is Cn1cc(CN2CCCCCC(O)(C(F)(F)F)c3nnc(o3)-c3nc(c(C(F)(F)F)cc3N)C2=O)cn1. The number of aryl methyl sites for hydroxylation is 1. The van der Waals surface area contributed by atoms with Gasteiger partial charge in [0.1, 0.15) is 5.69 Å². The minimum atomic E-state index is -5.19. The van der Waals surface area contributed by atoms with Crippen molar-refractivity contribution in [2.45, 2.75) is 50.2 Å². The number of anilines is 1. The summed E-state index contributed by atoms with van der Waals surface area (Å²) < 4.78 is 89.5. The first-order valence-corrected chi connectivity index (χ1v) is 11.0. The van der Waals surface area contributed by atoms with Crippen LogP contribution < -0.4 is 5.73 Å². The van der Waals surface area contributed by atoms with E-state index in [1.807, 2.05) is 0 Å². The number of nitrogens with zero attached hydrogens (tertiary/aromatic N) is 6. The maximum atomic E-state index is 13.9. The molecule has 0 saturated heterocycles. The number of pyridine rings is 1. The number of rotatable bonds is 2. The first-order valence-electron chi connectivity index (χ1n) is 11.0. The molecule has 0 spiro atoms. The second-order valence-electron chi connectivity index (χ2n) is 8.65. The van der Waals surface area contributed by atoms with Crippen molar-refractivity contribution in [3.05, 3.63) is 41.2 Å². The Kier molecular flexibility index (Phi) is 6.64. The van der Waals surface area contributed by atoms with E-state index in [1.165, 1.54) is 10.9 Å². The third kappa shape index (κ3) is 5.10. The molecule has 1 unspecified atom stereocenters. The van der Waals surface area contributed by atoms with Crippen molar-refractivity contribution in [1.29, 1.82) is 0 Å². The molecule has 0 saturated carbocycles. The van der Waals surface area contributed by atoms with E-state index in [4.69, 9.17) is 10.2 Å². The second-order valence-corrected chi connectivity index (χ2v) is 8.65. The van der Waals surface area contributed by atoms with Crippen LogP contribution in [0.4, 0.5) is 32.0 Å². The summed E-state index contributed by atoms with van der Waals surface area (Å²) in [6.45, 7) is -0.238. The predicted octanol–water partition coefficient (Wildman–Crippen LogP) is 3.43. The highest BCUT2D eigenvalue weighted by Crippen LogP contribution is 2.43. The highest BCUT2D eigenvalue weighted by Gasteiger charge is 2.58. The van der Waals surface area contributed by atoms with E-state index in [0.29, 0.717) is 11.6 Å². The summed E-state index contributed by atoms with van der Waals surface area (Å²) in [6.07, 6.45) is -8.00. The summed E-state index contributed by atoms with van der Waals surface area (Å²) in [5.74, 6) is -3.07. The highest BCUT2D eigenvalue weighted by atomic mass is 19.4. The van der Waals surface area contributed by atoms with Crippen LogP contribution in [0, 0.1) is 0 Å². The van der Waals surface area contributed by atoms with Crippen LogP contribution in [-0.2, 0) is 25.4 Å². The standard InChI is InChI=1S/C21H21F6N7O3/c1-33-9-11(8-29-33)10-34-6-4-2-3-5-19(36,21(25,26)27)18-32-31-16(37-18)15-13(28)7-12(20(22,23)24)14(30-15)17(34)35/h7-9,36H,2-6,10,28H2,1H3. The minimum absolute atomic E-state index is 0.0999. The number of nitrogen functional groups attached to an aromatic ring is 1. The molecule has 1 aliphatic rings. The molecule has 0 aliphatic carbocycles. The average molecular weight is 533 g/mol. The van der Waals surface area contributed by atoms with Gasteiger partial charge >= 0.3 is 12.4 Å². The third-order valence-electron chi connectivity index (χ3n) is 5.90. The van der Waals surface area contributed by atoms with Gasteiger partial charge < -0.3 is 20.2 Å². The number of carbonyl (C=O) groups is 1. The van der Waals surface area contributed by atoms with Crippen LogP contribution in [0.2, 0.25) is 0 Å². The molecule has 3 aromatic heterocycles. The van der Waals surface area contributed by atoms with Crippen LogP contribution >= 0.6 is 0 Å². The summed E-state index contributed by atoms with van der Waals surface area (Å²) in [5, 5.41) is 21.1. The van der Waals surface area contributed by atoms with Crippen molar-refractivity contribution in [3.63, 3.8) is 0 Å². The van der Waals surface area contributed by atoms with Gasteiger partial charge in [0.05, 0.1) is 17.4 Å². The smallest absolute Gasteiger partial charge is 0.416 e. The highest BCUT2D eigenvalue weighted by molar-refractivity contribution is 5.95. The van der Waals surface area contributed by atoms with Crippen LogP contribution in [0.15, 0.2) is 22.9 Å². The minimum Gasteiger partial charge on any atom is -0.416 e. The predicted molar refractivity (Wildman–Crippen MR) is 113 cm³/mol. The fraction of sp³-hybridized carbons (Fsp3) is 0.476. The lowest BCUT2D eigenvalue weighted by atomic mass is 9.95. The lowest BCUT2D eigenvalue weighted by Gasteiger charge is -2.27. The van der Waals surface area contributed by atoms with Gasteiger partial charge in [-0.05, 0) is 25.3 Å². The molecule has 1 amide bonds. The Morgan fingerprint density at radius 3 is 2.49 bits per heavy atom. The van der Waals surface area contributed by atoms with E-state index in [-0.39, 0.29) is 32.4 Å². The molecule has 1 aliphatic heterocycles. The number of amides is 1. The molecule has 37 heavy (non-hydrogen) atoms. The number of carbonyl (C=O) groups excluding carboxylic acids is 1.